The Labute approximate surface area is 244 Å². The molecule has 5 saturated carbocycles. The summed E-state index contributed by atoms with van der Waals surface area (Å²) >= 11 is 0. The molecule has 228 valence electrons. The van der Waals surface area contributed by atoms with Crippen molar-refractivity contribution in [3.05, 3.63) is 0 Å². The molecule has 6 nitrogen and oxygen atoms in total. The van der Waals surface area contributed by atoms with E-state index in [0.717, 1.165) is 44.9 Å². The lowest BCUT2D eigenvalue weighted by molar-refractivity contribution is -0.198. The first kappa shape index (κ1) is 30.5. The highest BCUT2D eigenvalue weighted by Gasteiger charge is 2.65. The number of aliphatic hydroxyl groups excluding tert-OH is 1. The molecule has 4 unspecified atom stereocenters. The molecule has 0 heterocycles. The molecule has 0 bridgehead atoms. The van der Waals surface area contributed by atoms with Gasteiger partial charge in [0, 0.05) is 12.3 Å². The van der Waals surface area contributed by atoms with Crippen molar-refractivity contribution in [2.75, 3.05) is 0 Å². The van der Waals surface area contributed by atoms with E-state index < -0.39 is 8.32 Å². The summed E-state index contributed by atoms with van der Waals surface area (Å²) in [5.41, 5.74) is 5.86. The number of fused-ring (bicyclic) bond motifs is 5. The van der Waals surface area contributed by atoms with Gasteiger partial charge in [0.05, 0.1) is 12.2 Å². The molecule has 3 N–H and O–H groups in total. The highest BCUT2D eigenvalue weighted by Crippen LogP contribution is 2.70. The molecule has 5 fully saturated rings. The van der Waals surface area contributed by atoms with Crippen molar-refractivity contribution >= 4 is 20.1 Å². The molecular formula is C33H58N2O4Si. The maximum Gasteiger partial charge on any atom is 0.241 e. The molecule has 40 heavy (non-hydrogen) atoms. The third-order valence-electron chi connectivity index (χ3n) is 12.7. The van der Waals surface area contributed by atoms with Crippen LogP contribution in [0.25, 0.3) is 0 Å². The first-order chi connectivity index (χ1) is 18.8. The minimum Gasteiger partial charge on any atom is -0.414 e. The van der Waals surface area contributed by atoms with Crippen molar-refractivity contribution < 1.29 is 19.1 Å². The summed E-state index contributed by atoms with van der Waals surface area (Å²) in [5, 5.41) is 10.8. The van der Waals surface area contributed by atoms with Gasteiger partial charge in [0.1, 0.15) is 0 Å². The van der Waals surface area contributed by atoms with Gasteiger partial charge in [0.2, 0.25) is 11.8 Å². The van der Waals surface area contributed by atoms with E-state index in [1.165, 1.54) is 25.7 Å². The smallest absolute Gasteiger partial charge is 0.241 e. The first-order valence-electron chi connectivity index (χ1n) is 16.7. The van der Waals surface area contributed by atoms with Gasteiger partial charge in [-0.3, -0.25) is 20.4 Å². The lowest BCUT2D eigenvalue weighted by atomic mass is 9.41. The molecule has 0 spiro atoms. The van der Waals surface area contributed by atoms with E-state index in [2.05, 4.69) is 58.2 Å². The SMILES string of the molecule is CC[C@@H]1C2C[C@H](O)CCC2(C)[C@H]2CCC3(C)C([C@H](C)CCC(=O)NNC(=O)C4CC4)CC[C@H]3[C@@H]2[C@@H]1O[Si](C)(C)C. The van der Waals surface area contributed by atoms with Gasteiger partial charge in [0.25, 0.3) is 0 Å². The lowest BCUT2D eigenvalue weighted by Crippen LogP contribution is -2.63. The van der Waals surface area contributed by atoms with Crippen LogP contribution < -0.4 is 10.9 Å². The van der Waals surface area contributed by atoms with Crippen molar-refractivity contribution in [1.29, 1.82) is 0 Å². The fourth-order valence-corrected chi connectivity index (χ4v) is 11.8. The highest BCUT2D eigenvalue weighted by molar-refractivity contribution is 6.69. The third kappa shape index (κ3) is 5.69. The van der Waals surface area contributed by atoms with Gasteiger partial charge < -0.3 is 9.53 Å². The number of hydrazine groups is 1. The summed E-state index contributed by atoms with van der Waals surface area (Å²) in [6.45, 7) is 17.0. The first-order valence-corrected chi connectivity index (χ1v) is 20.1. The summed E-state index contributed by atoms with van der Waals surface area (Å²) in [6.07, 6.45) is 12.7. The molecule has 5 rings (SSSR count). The second-order valence-corrected chi connectivity index (χ2v) is 20.6. The van der Waals surface area contributed by atoms with Crippen LogP contribution in [0.3, 0.4) is 0 Å². The van der Waals surface area contributed by atoms with Crippen LogP contribution in [0.2, 0.25) is 19.6 Å². The Kier molecular flexibility index (Phi) is 8.62. The Morgan fingerprint density at radius 1 is 0.950 bits per heavy atom. The van der Waals surface area contributed by atoms with Gasteiger partial charge in [-0.05, 0) is 136 Å². The quantitative estimate of drug-likeness (QED) is 0.230. The monoisotopic (exact) mass is 574 g/mol. The fraction of sp³-hybridized carbons (Fsp3) is 0.939. The van der Waals surface area contributed by atoms with E-state index in [0.29, 0.717) is 59.4 Å². The lowest BCUT2D eigenvalue weighted by Gasteiger charge is -2.66. The Bertz CT molecular complexity index is 949. The average molecular weight is 575 g/mol. The number of amides is 2. The minimum atomic E-state index is -1.77. The second kappa shape index (κ2) is 11.3. The van der Waals surface area contributed by atoms with E-state index in [9.17, 15) is 14.7 Å². The number of carbonyl (C=O) groups excluding carboxylic acids is 2. The topological polar surface area (TPSA) is 87.7 Å². The van der Waals surface area contributed by atoms with Crippen LogP contribution in [0.4, 0.5) is 0 Å². The molecule has 5 aliphatic carbocycles. The molecule has 5 aliphatic rings. The molecular weight excluding hydrogens is 516 g/mol. The Morgan fingerprint density at radius 3 is 2.27 bits per heavy atom. The molecule has 0 radical (unpaired) electrons. The largest absolute Gasteiger partial charge is 0.414 e. The molecule has 2 amide bonds. The zero-order valence-electron chi connectivity index (χ0n) is 26.4. The Hall–Kier alpha value is -0.923. The summed E-state index contributed by atoms with van der Waals surface area (Å²) in [5.74, 6) is 4.14. The molecule has 0 aliphatic heterocycles. The van der Waals surface area contributed by atoms with Crippen LogP contribution in [-0.4, -0.2) is 37.4 Å². The highest BCUT2D eigenvalue weighted by atomic mass is 28.4. The van der Waals surface area contributed by atoms with Gasteiger partial charge in [-0.1, -0.05) is 34.1 Å². The minimum absolute atomic E-state index is 0.0410. The fourth-order valence-electron chi connectivity index (χ4n) is 10.7. The van der Waals surface area contributed by atoms with E-state index >= 15 is 0 Å². The molecule has 0 aromatic heterocycles. The number of nitrogens with one attached hydrogen (secondary N) is 2. The molecule has 0 aromatic carbocycles. The van der Waals surface area contributed by atoms with Gasteiger partial charge in [0.15, 0.2) is 8.32 Å². The van der Waals surface area contributed by atoms with Crippen LogP contribution >= 0.6 is 0 Å². The maximum absolute atomic E-state index is 12.5. The molecule has 0 aromatic rings. The zero-order chi connectivity index (χ0) is 29.0. The van der Waals surface area contributed by atoms with Crippen molar-refractivity contribution in [2.24, 2.45) is 58.2 Å². The van der Waals surface area contributed by atoms with E-state index in [1.807, 2.05) is 0 Å². The second-order valence-electron chi connectivity index (χ2n) is 16.2. The van der Waals surface area contributed by atoms with Crippen LogP contribution in [0, 0.1) is 58.2 Å². The Balaban J connectivity index is 1.33. The van der Waals surface area contributed by atoms with Crippen LogP contribution in [-0.2, 0) is 14.0 Å². The van der Waals surface area contributed by atoms with Crippen molar-refractivity contribution in [1.82, 2.24) is 10.9 Å². The van der Waals surface area contributed by atoms with E-state index in [4.69, 9.17) is 4.43 Å². The molecule has 7 heteroatoms. The van der Waals surface area contributed by atoms with Crippen LogP contribution in [0.5, 0.6) is 0 Å². The standard InChI is InChI=1S/C33H58N2O4Si/c1-8-23-27-19-22(36)15-17-33(27,4)26-16-18-32(3)24(12-13-25(32)29(26)30(23)39-40(5,6)7)20(2)9-14-28(37)34-35-31(38)21-10-11-21/h20-27,29-30,36H,8-19H2,1-7H3,(H,34,37)(H,35,38)/t20-,22-,23-,24?,25+,26+,27?,29+,30-,32?,33?/m1/s1. The Morgan fingerprint density at radius 2 is 1.62 bits per heavy atom. The zero-order valence-corrected chi connectivity index (χ0v) is 27.4. The van der Waals surface area contributed by atoms with Crippen molar-refractivity contribution in [3.8, 4) is 0 Å². The number of carbonyl (C=O) groups is 2. The molecule has 11 atom stereocenters. The number of rotatable bonds is 8. The van der Waals surface area contributed by atoms with Gasteiger partial charge in [-0.2, -0.15) is 0 Å². The van der Waals surface area contributed by atoms with Gasteiger partial charge in [-0.25, -0.2) is 0 Å². The summed E-state index contributed by atoms with van der Waals surface area (Å²) < 4.78 is 7.25. The van der Waals surface area contributed by atoms with E-state index in [-0.39, 0.29) is 29.3 Å². The van der Waals surface area contributed by atoms with Crippen molar-refractivity contribution in [3.63, 3.8) is 0 Å². The molecule has 0 saturated heterocycles. The number of hydrogen-bond acceptors (Lipinski definition) is 4. The van der Waals surface area contributed by atoms with Crippen LogP contribution in [0.1, 0.15) is 105 Å². The van der Waals surface area contributed by atoms with E-state index in [1.54, 1.807) is 0 Å². The normalized spacial score (nSPS) is 43.7. The number of hydrogen-bond donors (Lipinski definition) is 3. The maximum atomic E-state index is 12.5. The predicted octanol–water partition coefficient (Wildman–Crippen LogP) is 6.45. The summed E-state index contributed by atoms with van der Waals surface area (Å²) in [6, 6.07) is 0. The summed E-state index contributed by atoms with van der Waals surface area (Å²) in [7, 11) is -1.77. The van der Waals surface area contributed by atoms with Crippen LogP contribution in [0.15, 0.2) is 0 Å². The predicted molar refractivity (Wildman–Crippen MR) is 161 cm³/mol. The third-order valence-corrected chi connectivity index (χ3v) is 13.7. The van der Waals surface area contributed by atoms with Gasteiger partial charge >= 0.3 is 0 Å². The summed E-state index contributed by atoms with van der Waals surface area (Å²) in [4.78, 5) is 24.5. The average Bonchev–Trinajstić information content (AvgIpc) is 3.67. The number of aliphatic hydroxyl groups is 1. The van der Waals surface area contributed by atoms with Gasteiger partial charge in [-0.15, -0.1) is 0 Å². The van der Waals surface area contributed by atoms with Crippen molar-refractivity contribution in [2.45, 2.75) is 137 Å².